The molecule has 2 rings (SSSR count). The Morgan fingerprint density at radius 1 is 1.00 bits per heavy atom. The molecule has 2 aromatic carbocycles. The van der Waals surface area contributed by atoms with E-state index in [0.717, 1.165) is 0 Å². The van der Waals surface area contributed by atoms with Crippen LogP contribution < -0.4 is 10.1 Å². The third kappa shape index (κ3) is 6.83. The summed E-state index contributed by atoms with van der Waals surface area (Å²) in [5.41, 5.74) is -2.51. The topological polar surface area (TPSA) is 67.8 Å². The van der Waals surface area contributed by atoms with Gasteiger partial charge in [0.15, 0.2) is 0 Å². The van der Waals surface area contributed by atoms with Gasteiger partial charge in [-0.2, -0.15) is 26.3 Å². The number of nitrogens with one attached hydrogen (secondary N) is 1. The lowest BCUT2D eigenvalue weighted by Crippen LogP contribution is -2.44. The largest absolute Gasteiger partial charge is 0.463 e. The molecule has 30 heavy (non-hydrogen) atoms. The van der Waals surface area contributed by atoms with Crippen molar-refractivity contribution in [2.45, 2.75) is 38.2 Å². The Labute approximate surface area is 167 Å². The number of rotatable bonds is 6. The minimum atomic E-state index is -5.06. The molecule has 0 aliphatic carbocycles. The molecule has 2 aromatic rings. The fourth-order valence-electron chi connectivity index (χ4n) is 2.26. The fourth-order valence-corrected chi connectivity index (χ4v) is 2.26. The third-order valence-electron chi connectivity index (χ3n) is 3.80. The molecule has 2 N–H and O–H groups in total. The maximum atomic E-state index is 12.9. The van der Waals surface area contributed by atoms with Gasteiger partial charge in [-0.05, 0) is 30.7 Å². The molecule has 0 aliphatic rings. The van der Waals surface area contributed by atoms with Crippen molar-refractivity contribution < 1.29 is 45.7 Å². The normalized spacial score (nSPS) is 14.0. The molecule has 1 unspecified atom stereocenters. The number of benzene rings is 2. The summed E-state index contributed by atoms with van der Waals surface area (Å²) in [5, 5.41) is 12.1. The van der Waals surface area contributed by atoms with Gasteiger partial charge in [-0.15, -0.1) is 0 Å². The lowest BCUT2D eigenvalue weighted by molar-refractivity contribution is -0.143. The molecule has 0 saturated heterocycles. The van der Waals surface area contributed by atoms with Crippen molar-refractivity contribution >= 4 is 6.09 Å². The van der Waals surface area contributed by atoms with Crippen molar-refractivity contribution in [3.63, 3.8) is 0 Å². The van der Waals surface area contributed by atoms with E-state index in [2.05, 4.69) is 5.32 Å². The molecule has 0 aliphatic heterocycles. The number of hydrogen-bond acceptors (Lipinski definition) is 4. The number of alkyl carbamates (subject to hydrolysis) is 1. The Bertz CT molecular complexity index is 822. The molecule has 0 aromatic heterocycles. The van der Waals surface area contributed by atoms with Crippen molar-refractivity contribution in [3.05, 3.63) is 65.2 Å². The summed E-state index contributed by atoms with van der Waals surface area (Å²) in [7, 11) is 0. The van der Waals surface area contributed by atoms with Gasteiger partial charge in [0, 0.05) is 0 Å². The quantitative estimate of drug-likeness (QED) is 0.506. The summed E-state index contributed by atoms with van der Waals surface area (Å²) in [6.07, 6.45) is -13.0. The number of aliphatic hydroxyl groups excluding tert-OH is 1. The highest BCUT2D eigenvalue weighted by Crippen LogP contribution is 2.38. The van der Waals surface area contributed by atoms with Crippen LogP contribution in [0.3, 0.4) is 0 Å². The van der Waals surface area contributed by atoms with Crippen LogP contribution in [0, 0.1) is 0 Å². The van der Waals surface area contributed by atoms with Crippen LogP contribution in [0.2, 0.25) is 0 Å². The Morgan fingerprint density at radius 2 is 1.53 bits per heavy atom. The molecule has 0 heterocycles. The van der Waals surface area contributed by atoms with Crippen molar-refractivity contribution in [1.29, 1.82) is 0 Å². The molecule has 0 spiro atoms. The molecule has 1 amide bonds. The molecule has 0 radical (unpaired) electrons. The number of alkyl halides is 6. The van der Waals surface area contributed by atoms with Crippen LogP contribution in [-0.2, 0) is 23.7 Å². The van der Waals surface area contributed by atoms with Crippen LogP contribution in [-0.4, -0.2) is 23.5 Å². The van der Waals surface area contributed by atoms with Gasteiger partial charge >= 0.3 is 18.4 Å². The summed E-state index contributed by atoms with van der Waals surface area (Å²) < 4.78 is 86.9. The van der Waals surface area contributed by atoms with Crippen LogP contribution in [0.1, 0.15) is 23.6 Å². The average Bonchev–Trinajstić information content (AvgIpc) is 2.65. The van der Waals surface area contributed by atoms with Gasteiger partial charge in [0.25, 0.3) is 0 Å². The maximum Gasteiger partial charge on any atom is 0.416 e. The molecule has 0 fully saturated rings. The Kier molecular flexibility index (Phi) is 7.19. The van der Waals surface area contributed by atoms with Crippen molar-refractivity contribution in [1.82, 2.24) is 5.32 Å². The van der Waals surface area contributed by atoms with Crippen LogP contribution in [0.5, 0.6) is 5.75 Å². The fraction of sp³-hybridized carbons (Fsp3) is 0.316. The zero-order valence-corrected chi connectivity index (χ0v) is 15.4. The molecule has 2 atom stereocenters. The van der Waals surface area contributed by atoms with Gasteiger partial charge in [0.05, 0.1) is 17.2 Å². The maximum absolute atomic E-state index is 12.9. The van der Waals surface area contributed by atoms with Gasteiger partial charge in [-0.1, -0.05) is 30.3 Å². The van der Waals surface area contributed by atoms with E-state index in [4.69, 9.17) is 9.47 Å². The number of ether oxygens (including phenoxy) is 2. The Hall–Kier alpha value is -2.95. The van der Waals surface area contributed by atoms with Gasteiger partial charge in [0.2, 0.25) is 6.29 Å². The standard InChI is InChI=1S/C19H17F6NO4/c1-11(26-17(28)29-10-12-5-3-2-4-6-12)16(27)30-15-8-13(18(20,21)22)7-14(9-15)19(23,24)25/h2-9,11,16,27H,10H2,1H3,(H,26,28)/t11?,16-/m1/s1. The van der Waals surface area contributed by atoms with Crippen molar-refractivity contribution in [3.8, 4) is 5.75 Å². The first-order chi connectivity index (χ1) is 13.9. The van der Waals surface area contributed by atoms with E-state index in [1.807, 2.05) is 0 Å². The Balaban J connectivity index is 2.03. The second-order valence-corrected chi connectivity index (χ2v) is 6.24. The summed E-state index contributed by atoms with van der Waals surface area (Å²) in [6, 6.07) is 7.96. The molecule has 164 valence electrons. The van der Waals surface area contributed by atoms with Crippen molar-refractivity contribution in [2.75, 3.05) is 0 Å². The van der Waals surface area contributed by atoms with E-state index in [1.54, 1.807) is 30.3 Å². The third-order valence-corrected chi connectivity index (χ3v) is 3.80. The summed E-state index contributed by atoms with van der Waals surface area (Å²) >= 11 is 0. The smallest absolute Gasteiger partial charge is 0.416 e. The number of amides is 1. The second kappa shape index (κ2) is 9.24. The molecule has 0 saturated carbocycles. The number of halogens is 6. The first-order valence-corrected chi connectivity index (χ1v) is 8.47. The summed E-state index contributed by atoms with van der Waals surface area (Å²) in [5.74, 6) is -0.865. The highest BCUT2D eigenvalue weighted by Gasteiger charge is 2.37. The number of carbonyl (C=O) groups is 1. The average molecular weight is 437 g/mol. The monoisotopic (exact) mass is 437 g/mol. The molecule has 11 heteroatoms. The first kappa shape index (κ1) is 23.3. The SMILES string of the molecule is CC(NC(=O)OCc1ccccc1)[C@H](O)Oc1cc(C(F)(F)F)cc(C(F)(F)F)c1. The van der Waals surface area contributed by atoms with E-state index >= 15 is 0 Å². The predicted molar refractivity (Wildman–Crippen MR) is 92.3 cm³/mol. The van der Waals surface area contributed by atoms with Gasteiger partial charge in [-0.3, -0.25) is 0 Å². The lowest BCUT2D eigenvalue weighted by atomic mass is 10.1. The highest BCUT2D eigenvalue weighted by atomic mass is 19.4. The van der Waals surface area contributed by atoms with Gasteiger partial charge < -0.3 is 19.9 Å². The first-order valence-electron chi connectivity index (χ1n) is 8.47. The van der Waals surface area contributed by atoms with E-state index in [1.165, 1.54) is 6.92 Å². The molecular weight excluding hydrogens is 420 g/mol. The molecule has 0 bridgehead atoms. The minimum Gasteiger partial charge on any atom is -0.463 e. The van der Waals surface area contributed by atoms with E-state index < -0.39 is 47.7 Å². The van der Waals surface area contributed by atoms with Crippen LogP contribution >= 0.6 is 0 Å². The number of hydrogen-bond donors (Lipinski definition) is 2. The zero-order chi connectivity index (χ0) is 22.5. The summed E-state index contributed by atoms with van der Waals surface area (Å²) in [6.45, 7) is 1.14. The van der Waals surface area contributed by atoms with Gasteiger partial charge in [0.1, 0.15) is 12.4 Å². The molecule has 5 nitrogen and oxygen atoms in total. The van der Waals surface area contributed by atoms with Crippen molar-refractivity contribution in [2.24, 2.45) is 0 Å². The van der Waals surface area contributed by atoms with E-state index in [-0.39, 0.29) is 12.7 Å². The highest BCUT2D eigenvalue weighted by molar-refractivity contribution is 5.67. The second-order valence-electron chi connectivity index (χ2n) is 6.24. The van der Waals surface area contributed by atoms with Crippen LogP contribution in [0.15, 0.2) is 48.5 Å². The molecular formula is C19H17F6NO4. The predicted octanol–water partition coefficient (Wildman–Crippen LogP) is 4.74. The van der Waals surface area contributed by atoms with Gasteiger partial charge in [-0.25, -0.2) is 4.79 Å². The van der Waals surface area contributed by atoms with Crippen LogP contribution in [0.4, 0.5) is 31.1 Å². The summed E-state index contributed by atoms with van der Waals surface area (Å²) in [4.78, 5) is 11.8. The number of carbonyl (C=O) groups excluding carboxylic acids is 1. The number of aliphatic hydroxyl groups is 1. The minimum absolute atomic E-state index is 0.0676. The Morgan fingerprint density at radius 3 is 2.03 bits per heavy atom. The van der Waals surface area contributed by atoms with E-state index in [0.29, 0.717) is 17.7 Å². The van der Waals surface area contributed by atoms with E-state index in [9.17, 15) is 36.2 Å². The zero-order valence-electron chi connectivity index (χ0n) is 15.4. The van der Waals surface area contributed by atoms with Crippen LogP contribution in [0.25, 0.3) is 0 Å². The lowest BCUT2D eigenvalue weighted by Gasteiger charge is -2.22.